The van der Waals surface area contributed by atoms with Gasteiger partial charge in [-0.2, -0.15) is 0 Å². The summed E-state index contributed by atoms with van der Waals surface area (Å²) >= 11 is 0. The minimum absolute atomic E-state index is 0.822. The molecule has 3 heteroatoms. The molecule has 1 aliphatic heterocycles. The fourth-order valence-electron chi connectivity index (χ4n) is 3.11. The second-order valence-corrected chi connectivity index (χ2v) is 5.70. The minimum Gasteiger partial charge on any atom is -0.356 e. The van der Waals surface area contributed by atoms with Crippen LogP contribution in [0.15, 0.2) is 30.3 Å². The second-order valence-electron chi connectivity index (χ2n) is 5.70. The maximum absolute atomic E-state index is 4.90. The van der Waals surface area contributed by atoms with Crippen LogP contribution in [0.1, 0.15) is 25.5 Å². The van der Waals surface area contributed by atoms with Crippen molar-refractivity contribution in [2.75, 3.05) is 25.0 Å². The zero-order valence-electron chi connectivity index (χ0n) is 12.4. The normalized spacial score (nSPS) is 18.9. The molecule has 1 N–H and O–H groups in total. The van der Waals surface area contributed by atoms with E-state index < -0.39 is 0 Å². The molecule has 0 aliphatic carbocycles. The number of hydrogen-bond acceptors (Lipinski definition) is 3. The molecule has 3 rings (SSSR count). The Balaban J connectivity index is 2.03. The monoisotopic (exact) mass is 269 g/mol. The fraction of sp³-hybridized carbons (Fsp3) is 0.471. The predicted octanol–water partition coefficient (Wildman–Crippen LogP) is 3.19. The van der Waals surface area contributed by atoms with Gasteiger partial charge in [0, 0.05) is 25.0 Å². The minimum atomic E-state index is 0.822. The molecule has 0 radical (unpaired) electrons. The highest BCUT2D eigenvalue weighted by molar-refractivity contribution is 5.92. The lowest BCUT2D eigenvalue weighted by molar-refractivity contribution is 0.569. The molecule has 0 spiro atoms. The molecule has 106 valence electrons. The number of nitrogens with zero attached hydrogens (tertiary/aromatic N) is 2. The first kappa shape index (κ1) is 13.4. The van der Waals surface area contributed by atoms with Gasteiger partial charge in [0.1, 0.15) is 5.82 Å². The number of rotatable bonds is 4. The van der Waals surface area contributed by atoms with Gasteiger partial charge in [-0.15, -0.1) is 0 Å². The van der Waals surface area contributed by atoms with E-state index in [1.807, 2.05) is 7.05 Å². The highest BCUT2D eigenvalue weighted by Gasteiger charge is 2.23. The smallest absolute Gasteiger partial charge is 0.136 e. The maximum Gasteiger partial charge on any atom is 0.136 e. The van der Waals surface area contributed by atoms with Gasteiger partial charge in [0.2, 0.25) is 0 Å². The first-order chi connectivity index (χ1) is 9.81. The lowest BCUT2D eigenvalue weighted by atomic mass is 10.1. The first-order valence-electron chi connectivity index (χ1n) is 7.60. The molecule has 1 aromatic carbocycles. The zero-order chi connectivity index (χ0) is 13.9. The maximum atomic E-state index is 4.90. The number of pyridine rings is 1. The highest BCUT2D eigenvalue weighted by Crippen LogP contribution is 2.30. The Bertz CT molecular complexity index is 594. The van der Waals surface area contributed by atoms with Crippen LogP contribution in [0, 0.1) is 5.92 Å². The van der Waals surface area contributed by atoms with E-state index in [2.05, 4.69) is 47.5 Å². The molecule has 2 heterocycles. The fourth-order valence-corrected chi connectivity index (χ4v) is 3.11. The van der Waals surface area contributed by atoms with Crippen molar-refractivity contribution in [2.24, 2.45) is 5.92 Å². The SMILES string of the molecule is CCC1CCN(c2nc(CNC)cc3ccccc23)C1. The Hall–Kier alpha value is -1.61. The van der Waals surface area contributed by atoms with Gasteiger partial charge in [-0.3, -0.25) is 0 Å². The topological polar surface area (TPSA) is 28.2 Å². The lowest BCUT2D eigenvalue weighted by Gasteiger charge is -2.20. The summed E-state index contributed by atoms with van der Waals surface area (Å²) in [4.78, 5) is 7.37. The molecule has 0 bridgehead atoms. The van der Waals surface area contributed by atoms with E-state index in [-0.39, 0.29) is 0 Å². The summed E-state index contributed by atoms with van der Waals surface area (Å²) in [6.45, 7) is 5.40. The largest absolute Gasteiger partial charge is 0.356 e. The molecule has 1 unspecified atom stereocenters. The zero-order valence-corrected chi connectivity index (χ0v) is 12.4. The van der Waals surface area contributed by atoms with E-state index in [1.54, 1.807) is 0 Å². The Morgan fingerprint density at radius 1 is 1.35 bits per heavy atom. The summed E-state index contributed by atoms with van der Waals surface area (Å²) < 4.78 is 0. The van der Waals surface area contributed by atoms with Gasteiger partial charge < -0.3 is 10.2 Å². The summed E-state index contributed by atoms with van der Waals surface area (Å²) in [5.74, 6) is 1.99. The van der Waals surface area contributed by atoms with Crippen molar-refractivity contribution in [1.29, 1.82) is 0 Å². The van der Waals surface area contributed by atoms with Crippen molar-refractivity contribution >= 4 is 16.6 Å². The molecule has 2 aromatic rings. The molecule has 1 atom stereocenters. The van der Waals surface area contributed by atoms with Crippen LogP contribution in [-0.2, 0) is 6.54 Å². The Labute approximate surface area is 121 Å². The van der Waals surface area contributed by atoms with Crippen molar-refractivity contribution in [3.63, 3.8) is 0 Å². The Morgan fingerprint density at radius 3 is 2.95 bits per heavy atom. The third kappa shape index (κ3) is 2.50. The van der Waals surface area contributed by atoms with Gasteiger partial charge in [-0.1, -0.05) is 37.6 Å². The van der Waals surface area contributed by atoms with Crippen LogP contribution in [0.3, 0.4) is 0 Å². The molecule has 1 saturated heterocycles. The van der Waals surface area contributed by atoms with Gasteiger partial charge in [-0.25, -0.2) is 4.98 Å². The quantitative estimate of drug-likeness (QED) is 0.924. The van der Waals surface area contributed by atoms with E-state index in [9.17, 15) is 0 Å². The standard InChI is InChI=1S/C17H23N3/c1-3-13-8-9-20(12-13)17-16-7-5-4-6-14(16)10-15(19-17)11-18-2/h4-7,10,13,18H,3,8-9,11-12H2,1-2H3. The Morgan fingerprint density at radius 2 is 2.20 bits per heavy atom. The average Bonchev–Trinajstić information content (AvgIpc) is 2.95. The molecule has 0 amide bonds. The second kappa shape index (κ2) is 5.80. The number of anilines is 1. The Kier molecular flexibility index (Phi) is 3.88. The van der Waals surface area contributed by atoms with Gasteiger partial charge in [-0.05, 0) is 30.8 Å². The van der Waals surface area contributed by atoms with E-state index in [4.69, 9.17) is 4.98 Å². The van der Waals surface area contributed by atoms with Crippen LogP contribution in [-0.4, -0.2) is 25.1 Å². The van der Waals surface area contributed by atoms with Gasteiger partial charge in [0.15, 0.2) is 0 Å². The molecule has 20 heavy (non-hydrogen) atoms. The first-order valence-corrected chi connectivity index (χ1v) is 7.60. The van der Waals surface area contributed by atoms with Gasteiger partial charge >= 0.3 is 0 Å². The van der Waals surface area contributed by atoms with E-state index in [1.165, 1.54) is 29.4 Å². The molecule has 0 saturated carbocycles. The number of fused-ring (bicyclic) bond motifs is 1. The summed E-state index contributed by atoms with van der Waals surface area (Å²) in [6.07, 6.45) is 2.56. The van der Waals surface area contributed by atoms with E-state index >= 15 is 0 Å². The molecule has 3 nitrogen and oxygen atoms in total. The lowest BCUT2D eigenvalue weighted by Crippen LogP contribution is -2.22. The van der Waals surface area contributed by atoms with Crippen molar-refractivity contribution in [3.05, 3.63) is 36.0 Å². The van der Waals surface area contributed by atoms with Crippen molar-refractivity contribution in [1.82, 2.24) is 10.3 Å². The van der Waals surface area contributed by atoms with Crippen LogP contribution >= 0.6 is 0 Å². The molecular formula is C17H23N3. The third-order valence-corrected chi connectivity index (χ3v) is 4.29. The highest BCUT2D eigenvalue weighted by atomic mass is 15.2. The van der Waals surface area contributed by atoms with Crippen molar-refractivity contribution < 1.29 is 0 Å². The summed E-state index contributed by atoms with van der Waals surface area (Å²) in [5.41, 5.74) is 1.13. The third-order valence-electron chi connectivity index (χ3n) is 4.29. The summed E-state index contributed by atoms with van der Waals surface area (Å²) in [6, 6.07) is 10.8. The van der Waals surface area contributed by atoms with E-state index in [0.29, 0.717) is 0 Å². The number of benzene rings is 1. The van der Waals surface area contributed by atoms with Gasteiger partial charge in [0.25, 0.3) is 0 Å². The molecule has 1 fully saturated rings. The van der Waals surface area contributed by atoms with Crippen molar-refractivity contribution in [3.8, 4) is 0 Å². The number of hydrogen-bond donors (Lipinski definition) is 1. The molecular weight excluding hydrogens is 246 g/mol. The van der Waals surface area contributed by atoms with Gasteiger partial charge in [0.05, 0.1) is 5.69 Å². The van der Waals surface area contributed by atoms with Crippen LogP contribution in [0.2, 0.25) is 0 Å². The molecule has 1 aromatic heterocycles. The van der Waals surface area contributed by atoms with Crippen LogP contribution < -0.4 is 10.2 Å². The van der Waals surface area contributed by atoms with Crippen LogP contribution in [0.4, 0.5) is 5.82 Å². The summed E-state index contributed by atoms with van der Waals surface area (Å²) in [7, 11) is 1.97. The van der Waals surface area contributed by atoms with Crippen LogP contribution in [0.25, 0.3) is 10.8 Å². The van der Waals surface area contributed by atoms with Crippen LogP contribution in [0.5, 0.6) is 0 Å². The predicted molar refractivity (Wildman–Crippen MR) is 85.1 cm³/mol. The average molecular weight is 269 g/mol. The van der Waals surface area contributed by atoms with E-state index in [0.717, 1.165) is 31.2 Å². The molecule has 1 aliphatic rings. The summed E-state index contributed by atoms with van der Waals surface area (Å²) in [5, 5.41) is 5.78. The van der Waals surface area contributed by atoms with Crippen molar-refractivity contribution in [2.45, 2.75) is 26.3 Å². The number of aromatic nitrogens is 1. The number of nitrogens with one attached hydrogen (secondary N) is 1.